The summed E-state index contributed by atoms with van der Waals surface area (Å²) in [5, 5.41) is 0. The molecule has 0 nitrogen and oxygen atoms in total. The Morgan fingerprint density at radius 1 is 1.44 bits per heavy atom. The lowest BCUT2D eigenvalue weighted by atomic mass is 9.94. The molecule has 9 heavy (non-hydrogen) atoms. The third-order valence-electron chi connectivity index (χ3n) is 1.45. The average molecular weight is 125 g/mol. The normalized spacial score (nSPS) is 13.9. The molecule has 0 aliphatic heterocycles. The van der Waals surface area contributed by atoms with Gasteiger partial charge >= 0.3 is 0 Å². The minimum Gasteiger partial charge on any atom is -0.0999 e. The third-order valence-corrected chi connectivity index (χ3v) is 1.45. The van der Waals surface area contributed by atoms with Crippen molar-refractivity contribution >= 4 is 0 Å². The van der Waals surface area contributed by atoms with Crippen LogP contribution in [0.2, 0.25) is 0 Å². The maximum Gasteiger partial charge on any atom is -0.0206 e. The van der Waals surface area contributed by atoms with Crippen molar-refractivity contribution in [3.05, 3.63) is 19.1 Å². The van der Waals surface area contributed by atoms with Crippen LogP contribution in [0.5, 0.6) is 0 Å². The van der Waals surface area contributed by atoms with Crippen molar-refractivity contribution in [3.8, 4) is 0 Å². The summed E-state index contributed by atoms with van der Waals surface area (Å²) in [6, 6.07) is 0. The van der Waals surface area contributed by atoms with Crippen LogP contribution in [0.1, 0.15) is 27.2 Å². The number of allylic oxidation sites excluding steroid dienone is 1. The van der Waals surface area contributed by atoms with Gasteiger partial charge in [-0.2, -0.15) is 0 Å². The molecule has 0 amide bonds. The third kappa shape index (κ3) is 4.26. The van der Waals surface area contributed by atoms with Crippen molar-refractivity contribution in [1.29, 1.82) is 0 Å². The standard InChI is InChI=1S/C9H17/c1-7(2)6-9(5)8(3)4/h7,9H,3,5-6H2,1-2,4H3. The molecule has 0 aliphatic carbocycles. The first-order valence-corrected chi connectivity index (χ1v) is 3.52. The predicted molar refractivity (Wildman–Crippen MR) is 43.1 cm³/mol. The number of hydrogen-bond donors (Lipinski definition) is 0. The van der Waals surface area contributed by atoms with Crippen LogP contribution in [-0.4, -0.2) is 0 Å². The minimum absolute atomic E-state index is 0.449. The first-order valence-electron chi connectivity index (χ1n) is 3.52. The summed E-state index contributed by atoms with van der Waals surface area (Å²) < 4.78 is 0. The minimum atomic E-state index is 0.449. The van der Waals surface area contributed by atoms with Gasteiger partial charge in [-0.1, -0.05) is 26.0 Å². The molecule has 0 N–H and O–H groups in total. The first-order chi connectivity index (χ1) is 4.04. The summed E-state index contributed by atoms with van der Waals surface area (Å²) in [5.41, 5.74) is 1.20. The molecule has 0 saturated heterocycles. The second-order valence-electron chi connectivity index (χ2n) is 3.17. The van der Waals surface area contributed by atoms with Gasteiger partial charge in [-0.3, -0.25) is 0 Å². The van der Waals surface area contributed by atoms with Gasteiger partial charge in [0.2, 0.25) is 0 Å². The second-order valence-corrected chi connectivity index (χ2v) is 3.17. The van der Waals surface area contributed by atoms with Crippen LogP contribution < -0.4 is 0 Å². The molecular weight excluding hydrogens is 108 g/mol. The van der Waals surface area contributed by atoms with Crippen LogP contribution in [0, 0.1) is 18.8 Å². The van der Waals surface area contributed by atoms with Crippen LogP contribution >= 0.6 is 0 Å². The van der Waals surface area contributed by atoms with E-state index >= 15 is 0 Å². The molecule has 0 heteroatoms. The monoisotopic (exact) mass is 125 g/mol. The van der Waals surface area contributed by atoms with Gasteiger partial charge in [0.15, 0.2) is 0 Å². The zero-order chi connectivity index (χ0) is 7.44. The Balaban J connectivity index is 3.50. The molecule has 0 aliphatic rings. The van der Waals surface area contributed by atoms with Crippen molar-refractivity contribution < 1.29 is 0 Å². The smallest absolute Gasteiger partial charge is 0.0206 e. The van der Waals surface area contributed by atoms with Crippen molar-refractivity contribution in [2.24, 2.45) is 11.8 Å². The van der Waals surface area contributed by atoms with Gasteiger partial charge in [-0.25, -0.2) is 0 Å². The highest BCUT2D eigenvalue weighted by Crippen LogP contribution is 2.16. The van der Waals surface area contributed by atoms with E-state index in [9.17, 15) is 0 Å². The summed E-state index contributed by atoms with van der Waals surface area (Å²) in [6.45, 7) is 14.3. The SMILES string of the molecule is [CH2]C(CC(C)C)C(=C)C. The molecule has 0 aromatic rings. The summed E-state index contributed by atoms with van der Waals surface area (Å²) in [5.74, 6) is 1.19. The molecule has 0 fully saturated rings. The Bertz CT molecular complexity index is 90.2. The quantitative estimate of drug-likeness (QED) is 0.508. The van der Waals surface area contributed by atoms with Crippen molar-refractivity contribution in [1.82, 2.24) is 0 Å². The molecule has 1 radical (unpaired) electrons. The summed E-state index contributed by atoms with van der Waals surface area (Å²) >= 11 is 0. The number of rotatable bonds is 3. The average Bonchev–Trinajstić information content (AvgIpc) is 1.63. The van der Waals surface area contributed by atoms with E-state index in [2.05, 4.69) is 27.4 Å². The van der Waals surface area contributed by atoms with Gasteiger partial charge in [-0.05, 0) is 32.1 Å². The molecular formula is C9H17. The fourth-order valence-corrected chi connectivity index (χ4v) is 0.770. The Labute approximate surface area is 59.0 Å². The van der Waals surface area contributed by atoms with Gasteiger partial charge in [0.05, 0.1) is 0 Å². The largest absolute Gasteiger partial charge is 0.0999 e. The van der Waals surface area contributed by atoms with E-state index < -0.39 is 0 Å². The van der Waals surface area contributed by atoms with E-state index in [1.165, 1.54) is 5.57 Å². The Hall–Kier alpha value is -0.260. The predicted octanol–water partition coefficient (Wildman–Crippen LogP) is 3.06. The summed E-state index contributed by atoms with van der Waals surface area (Å²) in [4.78, 5) is 0. The lowest BCUT2D eigenvalue weighted by Crippen LogP contribution is -2.00. The van der Waals surface area contributed by atoms with Gasteiger partial charge in [0.1, 0.15) is 0 Å². The highest BCUT2D eigenvalue weighted by Gasteiger charge is 2.03. The zero-order valence-electron chi connectivity index (χ0n) is 6.78. The Morgan fingerprint density at radius 3 is 2.00 bits per heavy atom. The molecule has 1 unspecified atom stereocenters. The van der Waals surface area contributed by atoms with E-state index in [0.717, 1.165) is 12.3 Å². The van der Waals surface area contributed by atoms with Crippen LogP contribution in [0.25, 0.3) is 0 Å². The van der Waals surface area contributed by atoms with Crippen molar-refractivity contribution in [3.63, 3.8) is 0 Å². The van der Waals surface area contributed by atoms with E-state index in [1.54, 1.807) is 0 Å². The second kappa shape index (κ2) is 3.71. The lowest BCUT2D eigenvalue weighted by Gasteiger charge is -2.12. The Morgan fingerprint density at radius 2 is 1.89 bits per heavy atom. The highest BCUT2D eigenvalue weighted by molar-refractivity contribution is 4.97. The maximum absolute atomic E-state index is 3.98. The van der Waals surface area contributed by atoms with Gasteiger partial charge in [-0.15, -0.1) is 0 Å². The molecule has 0 rings (SSSR count). The summed E-state index contributed by atoms with van der Waals surface area (Å²) in [7, 11) is 0. The lowest BCUT2D eigenvalue weighted by molar-refractivity contribution is 0.516. The fourth-order valence-electron chi connectivity index (χ4n) is 0.770. The van der Waals surface area contributed by atoms with Gasteiger partial charge < -0.3 is 0 Å². The zero-order valence-corrected chi connectivity index (χ0v) is 6.78. The summed E-state index contributed by atoms with van der Waals surface area (Å²) in [6.07, 6.45) is 1.16. The van der Waals surface area contributed by atoms with Gasteiger partial charge in [0, 0.05) is 0 Å². The highest BCUT2D eigenvalue weighted by atomic mass is 14.1. The molecule has 0 aromatic heterocycles. The number of hydrogen-bond acceptors (Lipinski definition) is 0. The van der Waals surface area contributed by atoms with Gasteiger partial charge in [0.25, 0.3) is 0 Å². The first kappa shape index (κ1) is 8.74. The van der Waals surface area contributed by atoms with Crippen LogP contribution in [-0.2, 0) is 0 Å². The molecule has 53 valence electrons. The van der Waals surface area contributed by atoms with E-state index in [-0.39, 0.29) is 0 Å². The van der Waals surface area contributed by atoms with E-state index in [1.807, 2.05) is 6.92 Å². The molecule has 0 heterocycles. The van der Waals surface area contributed by atoms with Crippen LogP contribution in [0.15, 0.2) is 12.2 Å². The molecule has 1 atom stereocenters. The topological polar surface area (TPSA) is 0 Å². The van der Waals surface area contributed by atoms with Crippen LogP contribution in [0.3, 0.4) is 0 Å². The van der Waals surface area contributed by atoms with Crippen molar-refractivity contribution in [2.75, 3.05) is 0 Å². The molecule has 0 spiro atoms. The Kier molecular flexibility index (Phi) is 3.60. The van der Waals surface area contributed by atoms with E-state index in [0.29, 0.717) is 5.92 Å². The fraction of sp³-hybridized carbons (Fsp3) is 0.667. The van der Waals surface area contributed by atoms with Crippen molar-refractivity contribution in [2.45, 2.75) is 27.2 Å². The maximum atomic E-state index is 3.98. The van der Waals surface area contributed by atoms with Crippen LogP contribution in [0.4, 0.5) is 0 Å². The molecule has 0 aromatic carbocycles. The molecule has 0 bridgehead atoms. The molecule has 0 saturated carbocycles. The van der Waals surface area contributed by atoms with E-state index in [4.69, 9.17) is 0 Å².